The molecule has 1 N–H and O–H groups in total. The lowest BCUT2D eigenvalue weighted by Crippen LogP contribution is -2.19. The lowest BCUT2D eigenvalue weighted by atomic mass is 10.0. The van der Waals surface area contributed by atoms with Crippen molar-refractivity contribution in [2.24, 2.45) is 0 Å². The van der Waals surface area contributed by atoms with Crippen molar-refractivity contribution in [2.75, 3.05) is 0 Å². The van der Waals surface area contributed by atoms with Crippen LogP contribution in [0.4, 0.5) is 0 Å². The van der Waals surface area contributed by atoms with E-state index in [2.05, 4.69) is 10.3 Å². The van der Waals surface area contributed by atoms with Crippen LogP contribution in [0.25, 0.3) is 11.3 Å². The summed E-state index contributed by atoms with van der Waals surface area (Å²) in [7, 11) is 0. The highest BCUT2D eigenvalue weighted by Gasteiger charge is 2.26. The zero-order valence-corrected chi connectivity index (χ0v) is 8.81. The maximum atomic E-state index is 11.5. The standard InChI is InChI=1S/C13H8N2O2/c16-12-9-5-4-8(7-10(9)13(17)15-12)11-3-1-2-6-14-11/h1-7H,(H,15,16,17). The molecule has 2 heterocycles. The zero-order chi connectivity index (χ0) is 11.8. The number of carbonyl (C=O) groups is 2. The zero-order valence-electron chi connectivity index (χ0n) is 8.81. The van der Waals surface area contributed by atoms with Gasteiger partial charge in [-0.2, -0.15) is 0 Å². The molecule has 0 atom stereocenters. The molecule has 1 aromatic carbocycles. The lowest BCUT2D eigenvalue weighted by Gasteiger charge is -2.01. The average molecular weight is 224 g/mol. The van der Waals surface area contributed by atoms with E-state index in [1.165, 1.54) is 0 Å². The summed E-state index contributed by atoms with van der Waals surface area (Å²) < 4.78 is 0. The van der Waals surface area contributed by atoms with Crippen LogP contribution in [0.1, 0.15) is 20.7 Å². The molecule has 2 aromatic rings. The van der Waals surface area contributed by atoms with Gasteiger partial charge < -0.3 is 0 Å². The van der Waals surface area contributed by atoms with Crippen molar-refractivity contribution in [3.8, 4) is 11.3 Å². The minimum absolute atomic E-state index is 0.336. The quantitative estimate of drug-likeness (QED) is 0.749. The second-order valence-corrected chi connectivity index (χ2v) is 3.76. The molecular formula is C13H8N2O2. The van der Waals surface area contributed by atoms with Crippen molar-refractivity contribution in [1.29, 1.82) is 0 Å². The minimum atomic E-state index is -0.345. The molecule has 4 heteroatoms. The van der Waals surface area contributed by atoms with Crippen LogP contribution in [0.2, 0.25) is 0 Å². The van der Waals surface area contributed by atoms with E-state index in [9.17, 15) is 9.59 Å². The molecule has 1 aliphatic rings. The Bertz CT molecular complexity index is 621. The van der Waals surface area contributed by atoms with E-state index in [1.807, 2.05) is 18.2 Å². The van der Waals surface area contributed by atoms with Gasteiger partial charge in [0.05, 0.1) is 16.8 Å². The van der Waals surface area contributed by atoms with Gasteiger partial charge in [-0.25, -0.2) is 0 Å². The van der Waals surface area contributed by atoms with Gasteiger partial charge in [-0.1, -0.05) is 12.1 Å². The second-order valence-electron chi connectivity index (χ2n) is 3.76. The number of hydrogen-bond acceptors (Lipinski definition) is 3. The van der Waals surface area contributed by atoms with E-state index in [1.54, 1.807) is 24.4 Å². The first-order valence-electron chi connectivity index (χ1n) is 5.17. The first-order valence-corrected chi connectivity index (χ1v) is 5.17. The summed E-state index contributed by atoms with van der Waals surface area (Å²) in [4.78, 5) is 27.1. The highest BCUT2D eigenvalue weighted by atomic mass is 16.2. The molecule has 0 radical (unpaired) electrons. The Labute approximate surface area is 97.3 Å². The van der Waals surface area contributed by atoms with Crippen molar-refractivity contribution in [3.05, 3.63) is 53.7 Å². The molecule has 0 bridgehead atoms. The van der Waals surface area contributed by atoms with Crippen LogP contribution in [0, 0.1) is 0 Å². The Hall–Kier alpha value is -2.49. The van der Waals surface area contributed by atoms with Gasteiger partial charge in [0.1, 0.15) is 0 Å². The van der Waals surface area contributed by atoms with Crippen molar-refractivity contribution in [1.82, 2.24) is 10.3 Å². The second kappa shape index (κ2) is 3.52. The summed E-state index contributed by atoms with van der Waals surface area (Å²) in [6.45, 7) is 0. The third-order valence-electron chi connectivity index (χ3n) is 2.70. The van der Waals surface area contributed by atoms with Crippen molar-refractivity contribution < 1.29 is 9.59 Å². The molecule has 1 aliphatic heterocycles. The molecule has 4 nitrogen and oxygen atoms in total. The van der Waals surface area contributed by atoms with Gasteiger partial charge in [0, 0.05) is 11.8 Å². The summed E-state index contributed by atoms with van der Waals surface area (Å²) in [5.41, 5.74) is 2.45. The number of amides is 2. The molecule has 1 aromatic heterocycles. The highest BCUT2D eigenvalue weighted by Crippen LogP contribution is 2.23. The van der Waals surface area contributed by atoms with Crippen molar-refractivity contribution in [2.45, 2.75) is 0 Å². The van der Waals surface area contributed by atoms with Gasteiger partial charge in [-0.3, -0.25) is 19.9 Å². The third-order valence-corrected chi connectivity index (χ3v) is 2.70. The van der Waals surface area contributed by atoms with Gasteiger partial charge in [-0.05, 0) is 24.3 Å². The van der Waals surface area contributed by atoms with Crippen LogP contribution in [0.5, 0.6) is 0 Å². The number of fused-ring (bicyclic) bond motifs is 1. The SMILES string of the molecule is O=C1NC(=O)c2cc(-c3ccccn3)ccc21. The Morgan fingerprint density at radius 1 is 0.941 bits per heavy atom. The van der Waals surface area contributed by atoms with Crippen LogP contribution in [0.15, 0.2) is 42.6 Å². The predicted octanol–water partition coefficient (Wildman–Crippen LogP) is 1.63. The topological polar surface area (TPSA) is 59.1 Å². The predicted molar refractivity (Wildman–Crippen MR) is 61.5 cm³/mol. The Morgan fingerprint density at radius 2 is 1.76 bits per heavy atom. The summed E-state index contributed by atoms with van der Waals surface area (Å²) in [5.74, 6) is -0.680. The van der Waals surface area contributed by atoms with E-state index < -0.39 is 0 Å². The maximum absolute atomic E-state index is 11.5. The third kappa shape index (κ3) is 1.50. The van der Waals surface area contributed by atoms with E-state index >= 15 is 0 Å². The summed E-state index contributed by atoms with van der Waals surface area (Å²) in [6.07, 6.45) is 1.69. The lowest BCUT2D eigenvalue weighted by molar-refractivity contribution is 0.0879. The molecular weight excluding hydrogens is 216 g/mol. The summed E-state index contributed by atoms with van der Waals surface area (Å²) in [6, 6.07) is 10.7. The van der Waals surface area contributed by atoms with Gasteiger partial charge >= 0.3 is 0 Å². The normalized spacial score (nSPS) is 13.4. The number of nitrogens with one attached hydrogen (secondary N) is 1. The van der Waals surface area contributed by atoms with Crippen LogP contribution < -0.4 is 5.32 Å². The Morgan fingerprint density at radius 3 is 2.53 bits per heavy atom. The number of rotatable bonds is 1. The number of aromatic nitrogens is 1. The Balaban J connectivity index is 2.15. The minimum Gasteiger partial charge on any atom is -0.288 e. The number of carbonyl (C=O) groups excluding carboxylic acids is 2. The molecule has 0 aliphatic carbocycles. The molecule has 17 heavy (non-hydrogen) atoms. The van der Waals surface area contributed by atoms with Gasteiger partial charge in [0.25, 0.3) is 11.8 Å². The monoisotopic (exact) mass is 224 g/mol. The highest BCUT2D eigenvalue weighted by molar-refractivity contribution is 6.21. The Kier molecular flexibility index (Phi) is 2.01. The van der Waals surface area contributed by atoms with Crippen LogP contribution in [0.3, 0.4) is 0 Å². The van der Waals surface area contributed by atoms with Crippen LogP contribution >= 0.6 is 0 Å². The number of pyridine rings is 1. The van der Waals surface area contributed by atoms with Crippen molar-refractivity contribution in [3.63, 3.8) is 0 Å². The number of benzene rings is 1. The van der Waals surface area contributed by atoms with E-state index in [0.29, 0.717) is 11.1 Å². The summed E-state index contributed by atoms with van der Waals surface area (Å²) >= 11 is 0. The van der Waals surface area contributed by atoms with Gasteiger partial charge in [0.2, 0.25) is 0 Å². The number of hydrogen-bond donors (Lipinski definition) is 1. The molecule has 0 spiro atoms. The fraction of sp³-hybridized carbons (Fsp3) is 0. The van der Waals surface area contributed by atoms with Crippen LogP contribution in [-0.2, 0) is 0 Å². The first-order chi connectivity index (χ1) is 8.25. The number of nitrogens with zero attached hydrogens (tertiary/aromatic N) is 1. The largest absolute Gasteiger partial charge is 0.288 e. The first kappa shape index (κ1) is 9.72. The van der Waals surface area contributed by atoms with E-state index in [0.717, 1.165) is 11.3 Å². The molecule has 3 rings (SSSR count). The summed E-state index contributed by atoms with van der Waals surface area (Å²) in [5, 5.41) is 2.26. The fourth-order valence-corrected chi connectivity index (χ4v) is 1.86. The fourth-order valence-electron chi connectivity index (χ4n) is 1.86. The molecule has 82 valence electrons. The van der Waals surface area contributed by atoms with Gasteiger partial charge in [0.15, 0.2) is 0 Å². The molecule has 0 saturated heterocycles. The average Bonchev–Trinajstić information content (AvgIpc) is 2.66. The molecule has 0 fully saturated rings. The van der Waals surface area contributed by atoms with E-state index in [4.69, 9.17) is 0 Å². The van der Waals surface area contributed by atoms with Crippen molar-refractivity contribution >= 4 is 11.8 Å². The van der Waals surface area contributed by atoms with Gasteiger partial charge in [-0.15, -0.1) is 0 Å². The van der Waals surface area contributed by atoms with Crippen LogP contribution in [-0.4, -0.2) is 16.8 Å². The van der Waals surface area contributed by atoms with E-state index in [-0.39, 0.29) is 11.8 Å². The molecule has 0 unspecified atom stereocenters. The molecule has 2 amide bonds. The smallest absolute Gasteiger partial charge is 0.258 e. The molecule has 0 saturated carbocycles. The number of imide groups is 1. The maximum Gasteiger partial charge on any atom is 0.258 e.